The first kappa shape index (κ1) is 30.2. The summed E-state index contributed by atoms with van der Waals surface area (Å²) in [5.74, 6) is -1.81. The average Bonchev–Trinajstić information content (AvgIpc) is 3.66. The number of ether oxygens (including phenoxy) is 1. The molecule has 1 saturated heterocycles. The Morgan fingerprint density at radius 3 is 2.08 bits per heavy atom. The lowest BCUT2D eigenvalue weighted by Crippen LogP contribution is -2.60. The molecule has 216 valence electrons. The smallest absolute Gasteiger partial charge is 0.408 e. The van der Waals surface area contributed by atoms with Crippen molar-refractivity contribution in [3.05, 3.63) is 0 Å². The molecule has 1 aliphatic heterocycles. The Hall–Kier alpha value is -2.37. The molecular weight excluding hydrogens is 512 g/mol. The summed E-state index contributed by atoms with van der Waals surface area (Å²) >= 11 is 0. The number of alkyl carbamates (subject to hydrolysis) is 1. The minimum atomic E-state index is -3.78. The maximum absolute atomic E-state index is 13.7. The number of nitrogens with zero attached hydrogens (tertiary/aromatic N) is 1. The van der Waals surface area contributed by atoms with E-state index in [4.69, 9.17) is 4.74 Å². The van der Waals surface area contributed by atoms with Gasteiger partial charge in [-0.25, -0.2) is 13.2 Å². The van der Waals surface area contributed by atoms with E-state index in [1.165, 1.54) is 4.90 Å². The van der Waals surface area contributed by atoms with Gasteiger partial charge in [-0.15, -0.1) is 0 Å². The topological polar surface area (TPSA) is 151 Å². The van der Waals surface area contributed by atoms with Gasteiger partial charge in [0.05, 0.1) is 5.25 Å². The van der Waals surface area contributed by atoms with E-state index >= 15 is 0 Å². The fourth-order valence-electron chi connectivity index (χ4n) is 5.08. The van der Waals surface area contributed by atoms with Crippen LogP contribution in [0, 0.1) is 17.3 Å². The SMILES string of the molecule is CC(C)C1CC1(NC(=O)C1CCCN1C(=O)C(NC(=O)OC(C)(C)C)C(C)(C)C)C(=O)NS(=O)(=O)C1CC1. The van der Waals surface area contributed by atoms with E-state index in [1.807, 2.05) is 34.6 Å². The molecule has 3 rings (SSSR count). The van der Waals surface area contributed by atoms with Crippen molar-refractivity contribution in [3.8, 4) is 0 Å². The Morgan fingerprint density at radius 1 is 1.00 bits per heavy atom. The highest BCUT2D eigenvalue weighted by Crippen LogP contribution is 2.49. The van der Waals surface area contributed by atoms with Crippen LogP contribution < -0.4 is 15.4 Å². The molecule has 4 amide bonds. The maximum Gasteiger partial charge on any atom is 0.408 e. The molecule has 0 spiro atoms. The van der Waals surface area contributed by atoms with Crippen LogP contribution in [0.15, 0.2) is 0 Å². The largest absolute Gasteiger partial charge is 0.444 e. The van der Waals surface area contributed by atoms with Crippen molar-refractivity contribution >= 4 is 33.8 Å². The summed E-state index contributed by atoms with van der Waals surface area (Å²) < 4.78 is 32.4. The number of sulfonamides is 1. The quantitative estimate of drug-likeness (QED) is 0.414. The summed E-state index contributed by atoms with van der Waals surface area (Å²) in [4.78, 5) is 54.4. The van der Waals surface area contributed by atoms with Gasteiger partial charge in [0, 0.05) is 6.54 Å². The minimum absolute atomic E-state index is 0.0364. The molecule has 0 aromatic rings. The molecule has 11 nitrogen and oxygen atoms in total. The minimum Gasteiger partial charge on any atom is -0.444 e. The molecule has 0 aromatic carbocycles. The summed E-state index contributed by atoms with van der Waals surface area (Å²) in [6.45, 7) is 14.8. The van der Waals surface area contributed by atoms with E-state index in [0.29, 0.717) is 38.6 Å². The third kappa shape index (κ3) is 6.79. The monoisotopic (exact) mass is 556 g/mol. The Bertz CT molecular complexity index is 1070. The van der Waals surface area contributed by atoms with Crippen molar-refractivity contribution in [2.24, 2.45) is 17.3 Å². The van der Waals surface area contributed by atoms with E-state index in [0.717, 1.165) is 0 Å². The Balaban J connectivity index is 1.77. The van der Waals surface area contributed by atoms with Crippen LogP contribution in [0.4, 0.5) is 4.79 Å². The van der Waals surface area contributed by atoms with Gasteiger partial charge >= 0.3 is 6.09 Å². The van der Waals surface area contributed by atoms with Crippen molar-refractivity contribution in [2.75, 3.05) is 6.54 Å². The standard InChI is InChI=1S/C26H44N4O7S/c1-15(2)17-14-26(17,22(33)29-38(35,36)16-11-12-16)28-20(31)18-10-9-13-30(18)21(32)19(24(3,4)5)27-23(34)37-25(6,7)8/h15-19H,9-14H2,1-8H3,(H,27,34)(H,28,31)(H,29,33). The van der Waals surface area contributed by atoms with Crippen LogP contribution in [0.5, 0.6) is 0 Å². The molecule has 1 heterocycles. The molecule has 2 saturated carbocycles. The van der Waals surface area contributed by atoms with Crippen LogP contribution in [0.1, 0.15) is 87.5 Å². The third-order valence-corrected chi connectivity index (χ3v) is 9.20. The zero-order valence-corrected chi connectivity index (χ0v) is 24.7. The highest BCUT2D eigenvalue weighted by atomic mass is 32.2. The number of rotatable bonds is 8. The molecule has 38 heavy (non-hydrogen) atoms. The van der Waals surface area contributed by atoms with Gasteiger partial charge in [-0.2, -0.15) is 0 Å². The number of hydrogen-bond acceptors (Lipinski definition) is 7. The second-order valence-corrected chi connectivity index (χ2v) is 15.3. The molecule has 3 aliphatic rings. The zero-order valence-electron chi connectivity index (χ0n) is 23.8. The summed E-state index contributed by atoms with van der Waals surface area (Å²) in [6.07, 6.45) is 1.60. The highest BCUT2D eigenvalue weighted by Gasteiger charge is 2.63. The molecule has 3 fully saturated rings. The van der Waals surface area contributed by atoms with Crippen molar-refractivity contribution in [2.45, 2.75) is 116 Å². The van der Waals surface area contributed by atoms with Gasteiger partial charge < -0.3 is 20.3 Å². The molecular formula is C26H44N4O7S. The van der Waals surface area contributed by atoms with Gasteiger partial charge in [0.1, 0.15) is 23.2 Å². The van der Waals surface area contributed by atoms with Crippen LogP contribution in [-0.2, 0) is 29.1 Å². The van der Waals surface area contributed by atoms with E-state index < -0.39 is 67.7 Å². The van der Waals surface area contributed by atoms with Crippen molar-refractivity contribution in [1.29, 1.82) is 0 Å². The first-order valence-electron chi connectivity index (χ1n) is 13.5. The number of nitrogens with one attached hydrogen (secondary N) is 3. The van der Waals surface area contributed by atoms with Crippen LogP contribution in [-0.4, -0.2) is 72.2 Å². The van der Waals surface area contributed by atoms with Gasteiger partial charge in [-0.3, -0.25) is 19.1 Å². The summed E-state index contributed by atoms with van der Waals surface area (Å²) in [7, 11) is -3.78. The summed E-state index contributed by atoms with van der Waals surface area (Å²) in [6, 6.07) is -1.79. The predicted molar refractivity (Wildman–Crippen MR) is 141 cm³/mol. The van der Waals surface area contributed by atoms with Crippen LogP contribution >= 0.6 is 0 Å². The van der Waals surface area contributed by atoms with Gasteiger partial charge in [0.2, 0.25) is 21.8 Å². The van der Waals surface area contributed by atoms with Crippen LogP contribution in [0.2, 0.25) is 0 Å². The van der Waals surface area contributed by atoms with Crippen molar-refractivity contribution < 1.29 is 32.3 Å². The molecule has 3 N–H and O–H groups in total. The van der Waals surface area contributed by atoms with Gasteiger partial charge in [0.25, 0.3) is 5.91 Å². The van der Waals surface area contributed by atoms with Gasteiger partial charge in [0.15, 0.2) is 0 Å². The molecule has 4 unspecified atom stereocenters. The Labute approximate surface area is 226 Å². The lowest BCUT2D eigenvalue weighted by Gasteiger charge is -2.36. The number of likely N-dealkylation sites (tertiary alicyclic amines) is 1. The van der Waals surface area contributed by atoms with Gasteiger partial charge in [-0.05, 0) is 70.1 Å². The second-order valence-electron chi connectivity index (χ2n) is 13.3. The maximum atomic E-state index is 13.7. The van der Waals surface area contributed by atoms with Gasteiger partial charge in [-0.1, -0.05) is 34.6 Å². The highest BCUT2D eigenvalue weighted by molar-refractivity contribution is 7.91. The predicted octanol–water partition coefficient (Wildman–Crippen LogP) is 2.06. The summed E-state index contributed by atoms with van der Waals surface area (Å²) in [5, 5.41) is 4.95. The number of carbonyl (C=O) groups is 4. The number of hydrogen-bond donors (Lipinski definition) is 3. The molecule has 2 aliphatic carbocycles. The first-order chi connectivity index (χ1) is 17.3. The number of amides is 4. The summed E-state index contributed by atoms with van der Waals surface area (Å²) in [5.41, 5.74) is -2.75. The molecule has 0 radical (unpaired) electrons. The normalized spacial score (nSPS) is 26.5. The Kier molecular flexibility index (Phi) is 8.19. The zero-order chi connectivity index (χ0) is 28.8. The van der Waals surface area contributed by atoms with E-state index in [1.54, 1.807) is 20.8 Å². The van der Waals surface area contributed by atoms with E-state index in [9.17, 15) is 27.6 Å². The molecule has 0 bridgehead atoms. The third-order valence-electron chi connectivity index (χ3n) is 7.38. The van der Waals surface area contributed by atoms with E-state index in [2.05, 4.69) is 15.4 Å². The average molecular weight is 557 g/mol. The lowest BCUT2D eigenvalue weighted by atomic mass is 9.85. The van der Waals surface area contributed by atoms with Crippen molar-refractivity contribution in [3.63, 3.8) is 0 Å². The van der Waals surface area contributed by atoms with Crippen molar-refractivity contribution in [1.82, 2.24) is 20.3 Å². The second kappa shape index (κ2) is 10.3. The fourth-order valence-corrected chi connectivity index (χ4v) is 6.45. The fraction of sp³-hybridized carbons (Fsp3) is 0.846. The molecule has 0 aromatic heterocycles. The first-order valence-corrected chi connectivity index (χ1v) is 15.0. The van der Waals surface area contributed by atoms with Crippen LogP contribution in [0.3, 0.4) is 0 Å². The lowest BCUT2D eigenvalue weighted by molar-refractivity contribution is -0.143. The Morgan fingerprint density at radius 2 is 1.61 bits per heavy atom. The number of carbonyl (C=O) groups excluding carboxylic acids is 4. The van der Waals surface area contributed by atoms with Crippen LogP contribution in [0.25, 0.3) is 0 Å². The molecule has 4 atom stereocenters. The molecule has 12 heteroatoms. The van der Waals surface area contributed by atoms with E-state index in [-0.39, 0.29) is 11.8 Å².